The molecule has 6 nitrogen and oxygen atoms in total. The predicted molar refractivity (Wildman–Crippen MR) is 98.2 cm³/mol. The summed E-state index contributed by atoms with van der Waals surface area (Å²) in [4.78, 5) is 0. The first-order chi connectivity index (χ1) is 11.6. The molecule has 2 aliphatic rings. The summed E-state index contributed by atoms with van der Waals surface area (Å²) in [6.45, 7) is 14.9. The third-order valence-electron chi connectivity index (χ3n) is 5.21. The minimum absolute atomic E-state index is 0.0390. The molecule has 2 aliphatic heterocycles. The first-order valence-electron chi connectivity index (χ1n) is 9.75. The lowest BCUT2D eigenvalue weighted by Gasteiger charge is -2.51. The molecule has 0 saturated carbocycles. The Balaban J connectivity index is 2.16. The molecule has 0 amide bonds. The van der Waals surface area contributed by atoms with E-state index in [0.717, 1.165) is 19.3 Å². The second kappa shape index (κ2) is 7.92. The Hall–Kier alpha value is -0.0231. The molecule has 0 aliphatic carbocycles. The van der Waals surface area contributed by atoms with Gasteiger partial charge in [0.1, 0.15) is 0 Å². The van der Waals surface area contributed by atoms with Crippen LogP contribution in [-0.4, -0.2) is 55.3 Å². The lowest BCUT2D eigenvalue weighted by atomic mass is 9.80. The Bertz CT molecular complexity index is 429. The van der Waals surface area contributed by atoms with Crippen LogP contribution in [0.2, 0.25) is 0 Å². The van der Waals surface area contributed by atoms with E-state index in [4.69, 9.17) is 17.7 Å². The molecule has 0 aromatic heterocycles. The second-order valence-electron chi connectivity index (χ2n) is 8.53. The van der Waals surface area contributed by atoms with Crippen LogP contribution in [0.15, 0.2) is 0 Å². The molecule has 2 rings (SSSR count). The average Bonchev–Trinajstić information content (AvgIpc) is 2.82. The van der Waals surface area contributed by atoms with Crippen molar-refractivity contribution in [2.45, 2.75) is 110 Å². The van der Waals surface area contributed by atoms with Gasteiger partial charge in [-0.2, -0.15) is 5.06 Å². The van der Waals surface area contributed by atoms with E-state index in [1.54, 1.807) is 0 Å². The average molecular weight is 376 g/mol. The van der Waals surface area contributed by atoms with Gasteiger partial charge in [-0.25, -0.2) is 0 Å². The molecule has 3 unspecified atom stereocenters. The number of rotatable bonds is 7. The molecule has 148 valence electrons. The minimum Gasteiger partial charge on any atom is -0.351 e. The molecule has 2 fully saturated rings. The predicted octanol–water partition coefficient (Wildman–Crippen LogP) is 3.88. The van der Waals surface area contributed by atoms with E-state index in [1.165, 1.54) is 5.06 Å². The molecule has 25 heavy (non-hydrogen) atoms. The van der Waals surface area contributed by atoms with Gasteiger partial charge in [0, 0.05) is 17.7 Å². The fourth-order valence-electron chi connectivity index (χ4n) is 4.23. The molecular weight excluding hydrogens is 338 g/mol. The quantitative estimate of drug-likeness (QED) is 0.682. The molecular formula is C18H37NO5Si. The van der Waals surface area contributed by atoms with Gasteiger partial charge in [0.2, 0.25) is 0 Å². The summed E-state index contributed by atoms with van der Waals surface area (Å²) < 4.78 is 25.0. The van der Waals surface area contributed by atoms with Crippen molar-refractivity contribution in [1.82, 2.24) is 5.06 Å². The third kappa shape index (κ3) is 4.64. The highest BCUT2D eigenvalue weighted by Gasteiger charge is 2.59. The lowest BCUT2D eigenvalue weighted by molar-refractivity contribution is -0.258. The van der Waals surface area contributed by atoms with Gasteiger partial charge in [0.25, 0.3) is 0 Å². The molecule has 0 spiro atoms. The van der Waals surface area contributed by atoms with Crippen LogP contribution in [0.5, 0.6) is 0 Å². The number of nitrogens with zero attached hydrogens (tertiary/aromatic N) is 1. The monoisotopic (exact) mass is 375 g/mol. The van der Waals surface area contributed by atoms with Crippen LogP contribution in [0.25, 0.3) is 0 Å². The van der Waals surface area contributed by atoms with E-state index in [-0.39, 0.29) is 29.4 Å². The second-order valence-corrected chi connectivity index (χ2v) is 10.5. The Morgan fingerprint density at radius 3 is 2.08 bits per heavy atom. The zero-order valence-corrected chi connectivity index (χ0v) is 18.0. The van der Waals surface area contributed by atoms with E-state index >= 15 is 0 Å². The van der Waals surface area contributed by atoms with Crippen LogP contribution in [0.4, 0.5) is 0 Å². The standard InChI is InChI=1S/C18H37NO5Si/c1-8-11-16-15(9-2)23-25(24-16,21-10-3)22-14-12-17(4,5)19(20)18(6,7)13-14/h14-16,20H,8-13H2,1-7H3. The maximum Gasteiger partial charge on any atom is 0.680 e. The number of hydrogen-bond donors (Lipinski definition) is 1. The number of hydroxylamine groups is 2. The molecule has 0 aromatic carbocycles. The third-order valence-corrected chi connectivity index (χ3v) is 7.66. The van der Waals surface area contributed by atoms with E-state index in [9.17, 15) is 5.21 Å². The molecule has 0 aromatic rings. The van der Waals surface area contributed by atoms with Crippen molar-refractivity contribution >= 4 is 9.05 Å². The van der Waals surface area contributed by atoms with Gasteiger partial charge in [-0.1, -0.05) is 20.3 Å². The Morgan fingerprint density at radius 1 is 1.04 bits per heavy atom. The van der Waals surface area contributed by atoms with Crippen molar-refractivity contribution in [2.24, 2.45) is 0 Å². The summed E-state index contributed by atoms with van der Waals surface area (Å²) in [5.74, 6) is 0. The molecule has 1 N–H and O–H groups in total. The molecule has 7 heteroatoms. The molecule has 3 atom stereocenters. The van der Waals surface area contributed by atoms with Crippen molar-refractivity contribution in [3.63, 3.8) is 0 Å². The SMILES string of the molecule is CCCC1O[Si](OCC)(OC2CC(C)(C)N(O)C(C)(C)C2)OC1CC. The lowest BCUT2D eigenvalue weighted by Crippen LogP contribution is -2.62. The number of piperidine rings is 1. The van der Waals surface area contributed by atoms with Crippen molar-refractivity contribution < 1.29 is 22.9 Å². The van der Waals surface area contributed by atoms with Crippen LogP contribution >= 0.6 is 0 Å². The summed E-state index contributed by atoms with van der Waals surface area (Å²) in [7, 11) is -3.15. The van der Waals surface area contributed by atoms with Gasteiger partial charge in [-0.3, -0.25) is 0 Å². The van der Waals surface area contributed by atoms with Crippen LogP contribution in [0.3, 0.4) is 0 Å². The van der Waals surface area contributed by atoms with Gasteiger partial charge < -0.3 is 22.9 Å². The van der Waals surface area contributed by atoms with Gasteiger partial charge in [0.05, 0.1) is 18.3 Å². The maximum atomic E-state index is 10.5. The highest BCUT2D eigenvalue weighted by Crippen LogP contribution is 2.41. The topological polar surface area (TPSA) is 60.4 Å². The smallest absolute Gasteiger partial charge is 0.351 e. The normalized spacial score (nSPS) is 36.0. The zero-order chi connectivity index (χ0) is 18.9. The van der Waals surface area contributed by atoms with Crippen molar-refractivity contribution in [3.05, 3.63) is 0 Å². The summed E-state index contributed by atoms with van der Waals surface area (Å²) in [5, 5.41) is 12.0. The maximum absolute atomic E-state index is 10.5. The van der Waals surface area contributed by atoms with E-state index in [0.29, 0.717) is 19.4 Å². The first-order valence-corrected chi connectivity index (χ1v) is 11.4. The van der Waals surface area contributed by atoms with Crippen LogP contribution in [0.1, 0.15) is 80.6 Å². The molecule has 0 bridgehead atoms. The first kappa shape index (κ1) is 21.3. The minimum atomic E-state index is -3.15. The van der Waals surface area contributed by atoms with E-state index < -0.39 is 9.05 Å². The highest BCUT2D eigenvalue weighted by atomic mass is 28.4. The summed E-state index contributed by atoms with van der Waals surface area (Å²) in [5.41, 5.74) is -0.750. The van der Waals surface area contributed by atoms with Crippen LogP contribution in [-0.2, 0) is 17.7 Å². The summed E-state index contributed by atoms with van der Waals surface area (Å²) >= 11 is 0. The fourth-order valence-corrected chi connectivity index (χ4v) is 6.86. The van der Waals surface area contributed by atoms with E-state index in [1.807, 2.05) is 34.6 Å². The number of hydrogen-bond acceptors (Lipinski definition) is 6. The Labute approximate surface area is 154 Å². The molecule has 2 saturated heterocycles. The van der Waals surface area contributed by atoms with Crippen molar-refractivity contribution in [3.8, 4) is 0 Å². The van der Waals surface area contributed by atoms with Gasteiger partial charge >= 0.3 is 9.05 Å². The van der Waals surface area contributed by atoms with Crippen molar-refractivity contribution in [2.75, 3.05) is 6.61 Å². The van der Waals surface area contributed by atoms with Crippen LogP contribution < -0.4 is 0 Å². The van der Waals surface area contributed by atoms with Gasteiger partial charge in [-0.15, -0.1) is 0 Å². The zero-order valence-electron chi connectivity index (χ0n) is 17.0. The summed E-state index contributed by atoms with van der Waals surface area (Å²) in [6, 6.07) is 0. The van der Waals surface area contributed by atoms with Gasteiger partial charge in [0.15, 0.2) is 0 Å². The van der Waals surface area contributed by atoms with E-state index in [2.05, 4.69) is 13.8 Å². The van der Waals surface area contributed by atoms with Crippen LogP contribution in [0, 0.1) is 0 Å². The Kier molecular flexibility index (Phi) is 6.74. The largest absolute Gasteiger partial charge is 0.680 e. The highest BCUT2D eigenvalue weighted by molar-refractivity contribution is 6.54. The summed E-state index contributed by atoms with van der Waals surface area (Å²) in [6.07, 6.45) is 4.32. The Morgan fingerprint density at radius 2 is 1.60 bits per heavy atom. The van der Waals surface area contributed by atoms with Gasteiger partial charge in [-0.05, 0) is 60.3 Å². The fraction of sp³-hybridized carbons (Fsp3) is 1.00. The van der Waals surface area contributed by atoms with Crippen molar-refractivity contribution in [1.29, 1.82) is 0 Å². The molecule has 0 radical (unpaired) electrons. The molecule has 2 heterocycles.